The van der Waals surface area contributed by atoms with Crippen molar-refractivity contribution in [2.24, 2.45) is 0 Å². The Morgan fingerprint density at radius 3 is 2.25 bits per heavy atom. The zero-order valence-electron chi connectivity index (χ0n) is 12.9. The minimum absolute atomic E-state index is 0.0345. The number of hydrogen-bond donors (Lipinski definition) is 0. The van der Waals surface area contributed by atoms with Crippen molar-refractivity contribution in [2.45, 2.75) is 0 Å². The van der Waals surface area contributed by atoms with Gasteiger partial charge in [-0.15, -0.1) is 0 Å². The molecule has 2 aromatic heterocycles. The lowest BCUT2D eigenvalue weighted by atomic mass is 9.97. The molecule has 24 heavy (non-hydrogen) atoms. The summed E-state index contributed by atoms with van der Waals surface area (Å²) in [6.45, 7) is 0. The van der Waals surface area contributed by atoms with Crippen LogP contribution in [0.3, 0.4) is 0 Å². The number of aromatic nitrogens is 2. The van der Waals surface area contributed by atoms with E-state index in [1.54, 1.807) is 6.20 Å². The molecular formula is C21H14N2O. The smallest absolute Gasteiger partial charge is 0.195 e. The van der Waals surface area contributed by atoms with Gasteiger partial charge >= 0.3 is 0 Å². The summed E-state index contributed by atoms with van der Waals surface area (Å²) in [5.74, 6) is -0.0345. The van der Waals surface area contributed by atoms with Crippen molar-refractivity contribution >= 4 is 16.8 Å². The molecule has 3 heteroatoms. The highest BCUT2D eigenvalue weighted by Crippen LogP contribution is 2.26. The number of nitrogens with zero attached hydrogens (tertiary/aromatic N) is 2. The largest absolute Gasteiger partial charge is 0.289 e. The number of carbonyl (C=O) groups excluding carboxylic acids is 1. The number of carbonyl (C=O) groups is 1. The van der Waals surface area contributed by atoms with Gasteiger partial charge in [-0.2, -0.15) is 0 Å². The summed E-state index contributed by atoms with van der Waals surface area (Å²) < 4.78 is 0. The van der Waals surface area contributed by atoms with Crippen LogP contribution in [0, 0.1) is 0 Å². The third-order valence-corrected chi connectivity index (χ3v) is 3.92. The minimum atomic E-state index is -0.0345. The van der Waals surface area contributed by atoms with Crippen LogP contribution < -0.4 is 0 Å². The highest BCUT2D eigenvalue weighted by atomic mass is 16.1. The van der Waals surface area contributed by atoms with Gasteiger partial charge in [0.1, 0.15) is 0 Å². The van der Waals surface area contributed by atoms with E-state index in [2.05, 4.69) is 9.97 Å². The normalized spacial score (nSPS) is 10.7. The van der Waals surface area contributed by atoms with E-state index in [0.717, 1.165) is 10.9 Å². The lowest BCUT2D eigenvalue weighted by molar-refractivity contribution is 0.103. The van der Waals surface area contributed by atoms with E-state index in [-0.39, 0.29) is 5.78 Å². The molecule has 0 saturated heterocycles. The van der Waals surface area contributed by atoms with Crippen molar-refractivity contribution in [3.05, 3.63) is 96.2 Å². The van der Waals surface area contributed by atoms with Gasteiger partial charge in [0, 0.05) is 28.3 Å². The van der Waals surface area contributed by atoms with Crippen LogP contribution in [-0.4, -0.2) is 15.8 Å². The molecule has 0 aliphatic rings. The average molecular weight is 310 g/mol. The second-order valence-corrected chi connectivity index (χ2v) is 5.50. The number of hydrogen-bond acceptors (Lipinski definition) is 3. The van der Waals surface area contributed by atoms with E-state index in [9.17, 15) is 4.79 Å². The molecule has 3 nitrogen and oxygen atoms in total. The predicted molar refractivity (Wildman–Crippen MR) is 94.8 cm³/mol. The Hall–Kier alpha value is -3.33. The number of benzene rings is 2. The first-order valence-electron chi connectivity index (χ1n) is 7.74. The molecule has 0 unspecified atom stereocenters. The Morgan fingerprint density at radius 2 is 1.50 bits per heavy atom. The molecule has 2 heterocycles. The highest BCUT2D eigenvalue weighted by molar-refractivity contribution is 6.13. The van der Waals surface area contributed by atoms with Gasteiger partial charge in [-0.1, -0.05) is 60.7 Å². The standard InChI is InChI=1S/C21H14N2O/c24-20(16-10-5-2-6-11-16)18-14-17-12-7-13-22-21(17)23-19(18)15-8-3-1-4-9-15/h1-14H. The average Bonchev–Trinajstić information content (AvgIpc) is 2.68. The van der Waals surface area contributed by atoms with E-state index in [1.807, 2.05) is 78.9 Å². The zero-order valence-corrected chi connectivity index (χ0v) is 12.9. The lowest BCUT2D eigenvalue weighted by Gasteiger charge is -2.10. The maximum absolute atomic E-state index is 13.0. The molecule has 114 valence electrons. The summed E-state index contributed by atoms with van der Waals surface area (Å²) in [7, 11) is 0. The van der Waals surface area contributed by atoms with Gasteiger partial charge in [0.05, 0.1) is 5.69 Å². The fourth-order valence-electron chi connectivity index (χ4n) is 2.74. The monoisotopic (exact) mass is 310 g/mol. The molecule has 0 aliphatic carbocycles. The maximum Gasteiger partial charge on any atom is 0.195 e. The second-order valence-electron chi connectivity index (χ2n) is 5.50. The fraction of sp³-hybridized carbons (Fsp3) is 0. The van der Waals surface area contributed by atoms with Crippen molar-refractivity contribution in [3.8, 4) is 11.3 Å². The molecular weight excluding hydrogens is 296 g/mol. The van der Waals surface area contributed by atoms with E-state index < -0.39 is 0 Å². The fourth-order valence-corrected chi connectivity index (χ4v) is 2.74. The molecule has 0 bridgehead atoms. The van der Waals surface area contributed by atoms with Gasteiger partial charge in [0.2, 0.25) is 0 Å². The quantitative estimate of drug-likeness (QED) is 0.522. The predicted octanol–water partition coefficient (Wildman–Crippen LogP) is 4.53. The Labute approximate surface area is 139 Å². The summed E-state index contributed by atoms with van der Waals surface area (Å²) >= 11 is 0. The van der Waals surface area contributed by atoms with Crippen LogP contribution in [0.1, 0.15) is 15.9 Å². The van der Waals surface area contributed by atoms with Crippen LogP contribution in [0.15, 0.2) is 85.1 Å². The first-order chi connectivity index (χ1) is 11.8. The molecule has 2 aromatic carbocycles. The van der Waals surface area contributed by atoms with E-state index in [4.69, 9.17) is 0 Å². The molecule has 0 atom stereocenters. The third kappa shape index (κ3) is 2.57. The van der Waals surface area contributed by atoms with E-state index in [1.165, 1.54) is 0 Å². The highest BCUT2D eigenvalue weighted by Gasteiger charge is 2.17. The van der Waals surface area contributed by atoms with Crippen molar-refractivity contribution < 1.29 is 4.79 Å². The summed E-state index contributed by atoms with van der Waals surface area (Å²) in [4.78, 5) is 22.0. The van der Waals surface area contributed by atoms with Gasteiger partial charge in [0.25, 0.3) is 0 Å². The molecule has 4 aromatic rings. The Bertz CT molecular complexity index is 1010. The van der Waals surface area contributed by atoms with Crippen LogP contribution in [-0.2, 0) is 0 Å². The van der Waals surface area contributed by atoms with Crippen LogP contribution in [0.5, 0.6) is 0 Å². The van der Waals surface area contributed by atoms with Crippen molar-refractivity contribution in [2.75, 3.05) is 0 Å². The Morgan fingerprint density at radius 1 is 0.792 bits per heavy atom. The van der Waals surface area contributed by atoms with Gasteiger partial charge in [-0.3, -0.25) is 4.79 Å². The number of ketones is 1. The first kappa shape index (κ1) is 14.3. The maximum atomic E-state index is 13.0. The van der Waals surface area contributed by atoms with Crippen LogP contribution in [0.25, 0.3) is 22.3 Å². The molecule has 0 spiro atoms. The minimum Gasteiger partial charge on any atom is -0.289 e. The zero-order chi connectivity index (χ0) is 16.4. The SMILES string of the molecule is O=C(c1ccccc1)c1cc2cccnc2nc1-c1ccccc1. The number of rotatable bonds is 3. The molecule has 0 radical (unpaired) electrons. The third-order valence-electron chi connectivity index (χ3n) is 3.92. The van der Waals surface area contributed by atoms with Crippen LogP contribution >= 0.6 is 0 Å². The van der Waals surface area contributed by atoms with Gasteiger partial charge < -0.3 is 0 Å². The second kappa shape index (κ2) is 6.05. The number of pyridine rings is 2. The summed E-state index contributed by atoms with van der Waals surface area (Å²) in [6, 6.07) is 24.7. The topological polar surface area (TPSA) is 42.9 Å². The molecule has 0 saturated carbocycles. The van der Waals surface area contributed by atoms with Crippen molar-refractivity contribution in [1.29, 1.82) is 0 Å². The molecule has 4 rings (SSSR count). The molecule has 0 amide bonds. The van der Waals surface area contributed by atoms with Gasteiger partial charge in [-0.25, -0.2) is 9.97 Å². The lowest BCUT2D eigenvalue weighted by Crippen LogP contribution is -2.05. The molecule has 0 N–H and O–H groups in total. The summed E-state index contributed by atoms with van der Waals surface area (Å²) in [5.41, 5.74) is 3.45. The van der Waals surface area contributed by atoms with Crippen molar-refractivity contribution in [1.82, 2.24) is 9.97 Å². The Balaban J connectivity index is 1.97. The van der Waals surface area contributed by atoms with E-state index >= 15 is 0 Å². The van der Waals surface area contributed by atoms with Crippen molar-refractivity contribution in [3.63, 3.8) is 0 Å². The summed E-state index contributed by atoms with van der Waals surface area (Å²) in [5, 5.41) is 0.858. The van der Waals surface area contributed by atoms with Gasteiger partial charge in [-0.05, 0) is 18.2 Å². The molecule has 0 aliphatic heterocycles. The summed E-state index contributed by atoms with van der Waals surface area (Å²) in [6.07, 6.45) is 1.71. The first-order valence-corrected chi connectivity index (χ1v) is 7.74. The van der Waals surface area contributed by atoms with Gasteiger partial charge in [0.15, 0.2) is 11.4 Å². The van der Waals surface area contributed by atoms with Crippen LogP contribution in [0.2, 0.25) is 0 Å². The Kier molecular flexibility index (Phi) is 3.60. The number of fused-ring (bicyclic) bond motifs is 1. The van der Waals surface area contributed by atoms with E-state index in [0.29, 0.717) is 22.5 Å². The van der Waals surface area contributed by atoms with Crippen LogP contribution in [0.4, 0.5) is 0 Å². The molecule has 0 fully saturated rings.